The van der Waals surface area contributed by atoms with E-state index in [2.05, 4.69) is 25.6 Å². The molecule has 0 aliphatic carbocycles. The third kappa shape index (κ3) is 4.38. The Bertz CT molecular complexity index is 780. The van der Waals surface area contributed by atoms with Crippen molar-refractivity contribution in [2.45, 2.75) is 25.9 Å². The molecule has 7 nitrogen and oxygen atoms in total. The molecular weight excluding hydrogens is 314 g/mol. The van der Waals surface area contributed by atoms with Crippen LogP contribution >= 0.6 is 0 Å². The predicted molar refractivity (Wildman–Crippen MR) is 89.0 cm³/mol. The Hall–Kier alpha value is -2.22. The highest BCUT2D eigenvalue weighted by molar-refractivity contribution is 7.91. The molecule has 1 fully saturated rings. The van der Waals surface area contributed by atoms with E-state index >= 15 is 0 Å². The van der Waals surface area contributed by atoms with Crippen LogP contribution in [-0.2, 0) is 16.4 Å². The van der Waals surface area contributed by atoms with E-state index in [1.807, 2.05) is 25.1 Å². The van der Waals surface area contributed by atoms with E-state index in [1.54, 1.807) is 12.3 Å². The first-order chi connectivity index (χ1) is 11.0. The largest absolute Gasteiger partial charge is 0.366 e. The molecule has 23 heavy (non-hydrogen) atoms. The lowest BCUT2D eigenvalue weighted by Crippen LogP contribution is -2.21. The van der Waals surface area contributed by atoms with Gasteiger partial charge in [0.2, 0.25) is 0 Å². The molecule has 0 amide bonds. The van der Waals surface area contributed by atoms with Crippen LogP contribution in [-0.4, -0.2) is 40.9 Å². The number of pyridine rings is 1. The molecule has 3 rings (SSSR count). The van der Waals surface area contributed by atoms with E-state index in [4.69, 9.17) is 0 Å². The fourth-order valence-electron chi connectivity index (χ4n) is 2.53. The molecule has 0 spiro atoms. The number of anilines is 2. The van der Waals surface area contributed by atoms with Crippen molar-refractivity contribution in [1.29, 1.82) is 0 Å². The Kier molecular flexibility index (Phi) is 4.42. The van der Waals surface area contributed by atoms with Gasteiger partial charge >= 0.3 is 0 Å². The first-order valence-corrected chi connectivity index (χ1v) is 9.29. The molecule has 0 radical (unpaired) electrons. The van der Waals surface area contributed by atoms with Gasteiger partial charge in [-0.05, 0) is 25.5 Å². The molecule has 2 aromatic heterocycles. The van der Waals surface area contributed by atoms with E-state index in [0.717, 1.165) is 5.69 Å². The minimum Gasteiger partial charge on any atom is -0.366 e. The fraction of sp³-hybridized carbons (Fsp3) is 0.400. The first-order valence-electron chi connectivity index (χ1n) is 7.47. The van der Waals surface area contributed by atoms with Crippen molar-refractivity contribution in [3.05, 3.63) is 42.0 Å². The SMILES string of the molecule is Cc1nc(NCc2ccccn2)cc(NC2CCS(=O)(=O)C2)n1. The summed E-state index contributed by atoms with van der Waals surface area (Å²) < 4.78 is 23.1. The number of aromatic nitrogens is 3. The van der Waals surface area contributed by atoms with Gasteiger partial charge in [0.05, 0.1) is 23.7 Å². The highest BCUT2D eigenvalue weighted by Crippen LogP contribution is 2.18. The maximum Gasteiger partial charge on any atom is 0.152 e. The number of nitrogens with one attached hydrogen (secondary N) is 2. The van der Waals surface area contributed by atoms with Crippen molar-refractivity contribution in [1.82, 2.24) is 15.0 Å². The summed E-state index contributed by atoms with van der Waals surface area (Å²) in [7, 11) is -2.91. The summed E-state index contributed by atoms with van der Waals surface area (Å²) in [6.45, 7) is 2.37. The summed E-state index contributed by atoms with van der Waals surface area (Å²) in [4.78, 5) is 12.9. The highest BCUT2D eigenvalue weighted by Gasteiger charge is 2.28. The van der Waals surface area contributed by atoms with Gasteiger partial charge in [0.1, 0.15) is 17.5 Å². The number of hydrogen-bond donors (Lipinski definition) is 2. The number of sulfone groups is 1. The van der Waals surface area contributed by atoms with E-state index < -0.39 is 9.84 Å². The second-order valence-corrected chi connectivity index (χ2v) is 7.83. The first kappa shape index (κ1) is 15.7. The second-order valence-electron chi connectivity index (χ2n) is 5.60. The Labute approximate surface area is 135 Å². The van der Waals surface area contributed by atoms with Crippen molar-refractivity contribution in [2.24, 2.45) is 0 Å². The molecule has 1 atom stereocenters. The zero-order valence-corrected chi connectivity index (χ0v) is 13.7. The van der Waals surface area contributed by atoms with E-state index in [-0.39, 0.29) is 17.5 Å². The average Bonchev–Trinajstić information content (AvgIpc) is 2.84. The van der Waals surface area contributed by atoms with E-state index in [1.165, 1.54) is 0 Å². The van der Waals surface area contributed by atoms with Crippen LogP contribution in [0.25, 0.3) is 0 Å². The van der Waals surface area contributed by atoms with Crippen LogP contribution in [0.1, 0.15) is 17.9 Å². The topological polar surface area (TPSA) is 96.9 Å². The second kappa shape index (κ2) is 6.49. The number of hydrogen-bond acceptors (Lipinski definition) is 7. The average molecular weight is 333 g/mol. The Morgan fingerprint density at radius 1 is 1.26 bits per heavy atom. The molecule has 0 bridgehead atoms. The van der Waals surface area contributed by atoms with Gasteiger partial charge in [0, 0.05) is 18.3 Å². The monoisotopic (exact) mass is 333 g/mol. The molecule has 1 aliphatic rings. The van der Waals surface area contributed by atoms with Gasteiger partial charge in [-0.15, -0.1) is 0 Å². The third-order valence-electron chi connectivity index (χ3n) is 3.60. The predicted octanol–water partition coefficient (Wildman–Crippen LogP) is 1.39. The van der Waals surface area contributed by atoms with Gasteiger partial charge in [0.25, 0.3) is 0 Å². The van der Waals surface area contributed by atoms with Crippen molar-refractivity contribution in [2.75, 3.05) is 22.1 Å². The van der Waals surface area contributed by atoms with Crippen molar-refractivity contribution in [3.63, 3.8) is 0 Å². The molecule has 0 aromatic carbocycles. The van der Waals surface area contributed by atoms with Crippen molar-refractivity contribution in [3.8, 4) is 0 Å². The summed E-state index contributed by atoms with van der Waals surface area (Å²) in [5.41, 5.74) is 0.917. The summed E-state index contributed by atoms with van der Waals surface area (Å²) in [5.74, 6) is 2.35. The summed E-state index contributed by atoms with van der Waals surface area (Å²) in [5, 5.41) is 6.40. The molecule has 1 saturated heterocycles. The van der Waals surface area contributed by atoms with E-state index in [0.29, 0.717) is 30.4 Å². The molecule has 8 heteroatoms. The lowest BCUT2D eigenvalue weighted by Gasteiger charge is -2.13. The Morgan fingerprint density at radius 2 is 2.09 bits per heavy atom. The molecule has 2 aromatic rings. The minimum atomic E-state index is -2.91. The molecule has 1 unspecified atom stereocenters. The standard InChI is InChI=1S/C15H19N5O2S/c1-11-18-14(17-9-12-4-2-3-6-16-12)8-15(19-11)20-13-5-7-23(21,22)10-13/h2-4,6,8,13H,5,7,9-10H2,1H3,(H2,17,18,19,20). The maximum atomic E-state index is 11.5. The van der Waals surface area contributed by atoms with Crippen LogP contribution in [0.3, 0.4) is 0 Å². The van der Waals surface area contributed by atoms with Gasteiger partial charge in [0.15, 0.2) is 9.84 Å². The van der Waals surface area contributed by atoms with Crippen LogP contribution in [0, 0.1) is 6.92 Å². The van der Waals surface area contributed by atoms with Crippen LogP contribution in [0.2, 0.25) is 0 Å². The van der Waals surface area contributed by atoms with Crippen LogP contribution in [0.15, 0.2) is 30.5 Å². The van der Waals surface area contributed by atoms with Gasteiger partial charge in [-0.2, -0.15) is 0 Å². The zero-order valence-electron chi connectivity index (χ0n) is 12.9. The normalized spacial score (nSPS) is 19.4. The van der Waals surface area contributed by atoms with Crippen LogP contribution in [0.5, 0.6) is 0 Å². The van der Waals surface area contributed by atoms with Gasteiger partial charge in [-0.3, -0.25) is 4.98 Å². The lowest BCUT2D eigenvalue weighted by molar-refractivity contribution is 0.602. The summed E-state index contributed by atoms with van der Waals surface area (Å²) in [6.07, 6.45) is 2.36. The molecular formula is C15H19N5O2S. The zero-order chi connectivity index (χ0) is 16.3. The Balaban J connectivity index is 1.67. The molecule has 0 saturated carbocycles. The number of nitrogens with zero attached hydrogens (tertiary/aromatic N) is 3. The minimum absolute atomic E-state index is 0.0852. The highest BCUT2D eigenvalue weighted by atomic mass is 32.2. The molecule has 1 aliphatic heterocycles. The summed E-state index contributed by atoms with van der Waals surface area (Å²) in [6, 6.07) is 7.45. The third-order valence-corrected chi connectivity index (χ3v) is 5.37. The Morgan fingerprint density at radius 3 is 2.78 bits per heavy atom. The van der Waals surface area contributed by atoms with Gasteiger partial charge < -0.3 is 10.6 Å². The number of aryl methyl sites for hydroxylation is 1. The molecule has 2 N–H and O–H groups in total. The summed E-state index contributed by atoms with van der Waals surface area (Å²) >= 11 is 0. The van der Waals surface area contributed by atoms with E-state index in [9.17, 15) is 8.42 Å². The van der Waals surface area contributed by atoms with Gasteiger partial charge in [-0.25, -0.2) is 18.4 Å². The maximum absolute atomic E-state index is 11.5. The molecule has 122 valence electrons. The number of rotatable bonds is 5. The fourth-order valence-corrected chi connectivity index (χ4v) is 4.21. The van der Waals surface area contributed by atoms with Crippen LogP contribution < -0.4 is 10.6 Å². The smallest absolute Gasteiger partial charge is 0.152 e. The van der Waals surface area contributed by atoms with Crippen molar-refractivity contribution >= 4 is 21.5 Å². The quantitative estimate of drug-likeness (QED) is 0.853. The van der Waals surface area contributed by atoms with Crippen LogP contribution in [0.4, 0.5) is 11.6 Å². The van der Waals surface area contributed by atoms with Gasteiger partial charge in [-0.1, -0.05) is 6.07 Å². The molecule has 3 heterocycles. The van der Waals surface area contributed by atoms with Crippen molar-refractivity contribution < 1.29 is 8.42 Å². The lowest BCUT2D eigenvalue weighted by atomic mass is 10.2.